The maximum absolute atomic E-state index is 11.4. The number of rotatable bonds is 3. The molecule has 1 aliphatic carbocycles. The standard InChI is InChI=1S/C6H13NO3S/c1-7(2)11(9,10)6(5-8)3-4-6/h8H,3-5H2,1-2H3. The van der Waals surface area contributed by atoms with Crippen molar-refractivity contribution in [2.45, 2.75) is 17.6 Å². The lowest BCUT2D eigenvalue weighted by atomic mass is 10.5. The summed E-state index contributed by atoms with van der Waals surface area (Å²) < 4.78 is 23.2. The maximum Gasteiger partial charge on any atom is 0.221 e. The normalized spacial score (nSPS) is 22.2. The van der Waals surface area contributed by atoms with Gasteiger partial charge in [0.05, 0.1) is 6.61 Å². The quantitative estimate of drug-likeness (QED) is 0.629. The molecule has 0 radical (unpaired) electrons. The lowest BCUT2D eigenvalue weighted by Crippen LogP contribution is -2.37. The van der Waals surface area contributed by atoms with Crippen LogP contribution in [0.5, 0.6) is 0 Å². The number of aliphatic hydroxyl groups excluding tert-OH is 1. The van der Waals surface area contributed by atoms with Crippen molar-refractivity contribution in [3.8, 4) is 0 Å². The Morgan fingerprint density at radius 2 is 1.91 bits per heavy atom. The summed E-state index contributed by atoms with van der Waals surface area (Å²) in [6.45, 7) is -0.256. The summed E-state index contributed by atoms with van der Waals surface area (Å²) in [6.07, 6.45) is 1.17. The van der Waals surface area contributed by atoms with Gasteiger partial charge in [0.1, 0.15) is 4.75 Å². The van der Waals surface area contributed by atoms with Crippen LogP contribution in [0.1, 0.15) is 12.8 Å². The summed E-state index contributed by atoms with van der Waals surface area (Å²) in [5.74, 6) is 0. The van der Waals surface area contributed by atoms with Crippen molar-refractivity contribution in [3.05, 3.63) is 0 Å². The third-order valence-electron chi connectivity index (χ3n) is 2.12. The summed E-state index contributed by atoms with van der Waals surface area (Å²) in [5, 5.41) is 8.84. The van der Waals surface area contributed by atoms with Crippen LogP contribution in [0.15, 0.2) is 0 Å². The van der Waals surface area contributed by atoms with Gasteiger partial charge in [-0.05, 0) is 12.8 Å². The van der Waals surface area contributed by atoms with Crippen molar-refractivity contribution in [3.63, 3.8) is 0 Å². The van der Waals surface area contributed by atoms with Gasteiger partial charge in [-0.15, -0.1) is 0 Å². The summed E-state index contributed by atoms with van der Waals surface area (Å²) in [6, 6.07) is 0. The third-order valence-corrected chi connectivity index (χ3v) is 4.72. The smallest absolute Gasteiger partial charge is 0.221 e. The van der Waals surface area contributed by atoms with Crippen LogP contribution in [-0.2, 0) is 10.0 Å². The Morgan fingerprint density at radius 3 is 2.00 bits per heavy atom. The topological polar surface area (TPSA) is 57.6 Å². The van der Waals surface area contributed by atoms with E-state index in [4.69, 9.17) is 5.11 Å². The fourth-order valence-corrected chi connectivity index (χ4v) is 2.58. The van der Waals surface area contributed by atoms with Crippen LogP contribution >= 0.6 is 0 Å². The third kappa shape index (κ3) is 1.17. The van der Waals surface area contributed by atoms with Gasteiger partial charge in [-0.3, -0.25) is 0 Å². The minimum atomic E-state index is -3.23. The lowest BCUT2D eigenvalue weighted by molar-refractivity contribution is 0.279. The highest BCUT2D eigenvalue weighted by atomic mass is 32.2. The van der Waals surface area contributed by atoms with E-state index in [9.17, 15) is 8.42 Å². The van der Waals surface area contributed by atoms with Gasteiger partial charge in [0.25, 0.3) is 0 Å². The lowest BCUT2D eigenvalue weighted by Gasteiger charge is -2.18. The molecule has 1 N–H and O–H groups in total. The van der Waals surface area contributed by atoms with Gasteiger partial charge in [0.2, 0.25) is 10.0 Å². The van der Waals surface area contributed by atoms with Crippen LogP contribution in [0.3, 0.4) is 0 Å². The fourth-order valence-electron chi connectivity index (χ4n) is 1.02. The molecule has 0 heterocycles. The van der Waals surface area contributed by atoms with E-state index in [-0.39, 0.29) is 6.61 Å². The molecule has 1 saturated carbocycles. The number of sulfonamides is 1. The Bertz CT molecular complexity index is 241. The van der Waals surface area contributed by atoms with Gasteiger partial charge in [-0.2, -0.15) is 0 Å². The van der Waals surface area contributed by atoms with Crippen LogP contribution in [-0.4, -0.2) is 43.3 Å². The summed E-state index contributed by atoms with van der Waals surface area (Å²) in [7, 11) is -0.250. The van der Waals surface area contributed by atoms with E-state index in [1.165, 1.54) is 18.4 Å². The van der Waals surface area contributed by atoms with Crippen LogP contribution in [0.2, 0.25) is 0 Å². The highest BCUT2D eigenvalue weighted by molar-refractivity contribution is 7.90. The number of aliphatic hydroxyl groups is 1. The van der Waals surface area contributed by atoms with Gasteiger partial charge >= 0.3 is 0 Å². The Hall–Kier alpha value is -0.130. The predicted molar refractivity (Wildman–Crippen MR) is 41.7 cm³/mol. The molecule has 11 heavy (non-hydrogen) atoms. The van der Waals surface area contributed by atoms with E-state index in [0.29, 0.717) is 12.8 Å². The van der Waals surface area contributed by atoms with Crippen LogP contribution in [0.25, 0.3) is 0 Å². The van der Waals surface area contributed by atoms with Crippen LogP contribution in [0.4, 0.5) is 0 Å². The molecule has 0 aromatic rings. The van der Waals surface area contributed by atoms with Gasteiger partial charge in [-0.1, -0.05) is 0 Å². The number of nitrogens with zero attached hydrogens (tertiary/aromatic N) is 1. The molecule has 0 amide bonds. The summed E-state index contributed by atoms with van der Waals surface area (Å²) in [5.41, 5.74) is 0. The van der Waals surface area contributed by atoms with E-state index < -0.39 is 14.8 Å². The fraction of sp³-hybridized carbons (Fsp3) is 1.00. The van der Waals surface area contributed by atoms with Gasteiger partial charge < -0.3 is 5.11 Å². The first-order valence-electron chi connectivity index (χ1n) is 3.49. The first-order valence-corrected chi connectivity index (χ1v) is 4.93. The average molecular weight is 179 g/mol. The molecule has 5 heteroatoms. The molecular formula is C6H13NO3S. The van der Waals surface area contributed by atoms with Crippen molar-refractivity contribution in [1.29, 1.82) is 0 Å². The van der Waals surface area contributed by atoms with Crippen LogP contribution in [0, 0.1) is 0 Å². The molecule has 0 aromatic carbocycles. The highest BCUT2D eigenvalue weighted by Gasteiger charge is 2.55. The molecule has 0 aliphatic heterocycles. The minimum Gasteiger partial charge on any atom is -0.395 e. The second-order valence-corrected chi connectivity index (χ2v) is 5.68. The van der Waals surface area contributed by atoms with Gasteiger partial charge in [-0.25, -0.2) is 12.7 Å². The average Bonchev–Trinajstić information content (AvgIpc) is 2.66. The first kappa shape index (κ1) is 8.96. The zero-order valence-corrected chi connectivity index (χ0v) is 7.56. The second-order valence-electron chi connectivity index (χ2n) is 3.13. The summed E-state index contributed by atoms with van der Waals surface area (Å²) in [4.78, 5) is 0. The van der Waals surface area contributed by atoms with E-state index in [2.05, 4.69) is 0 Å². The molecule has 1 rings (SSSR count). The van der Waals surface area contributed by atoms with E-state index in [0.717, 1.165) is 0 Å². The zero-order valence-electron chi connectivity index (χ0n) is 6.74. The SMILES string of the molecule is CN(C)S(=O)(=O)C1(CO)CC1. The molecule has 0 unspecified atom stereocenters. The molecule has 0 saturated heterocycles. The largest absolute Gasteiger partial charge is 0.395 e. The highest BCUT2D eigenvalue weighted by Crippen LogP contribution is 2.43. The van der Waals surface area contributed by atoms with Gasteiger partial charge in [0, 0.05) is 14.1 Å². The maximum atomic E-state index is 11.4. The molecule has 0 aromatic heterocycles. The molecule has 4 nitrogen and oxygen atoms in total. The van der Waals surface area contributed by atoms with Crippen molar-refractivity contribution in [2.24, 2.45) is 0 Å². The van der Waals surface area contributed by atoms with Crippen molar-refractivity contribution in [2.75, 3.05) is 20.7 Å². The van der Waals surface area contributed by atoms with E-state index in [1.54, 1.807) is 0 Å². The molecule has 0 bridgehead atoms. The molecule has 0 atom stereocenters. The van der Waals surface area contributed by atoms with Crippen molar-refractivity contribution >= 4 is 10.0 Å². The van der Waals surface area contributed by atoms with Crippen molar-refractivity contribution in [1.82, 2.24) is 4.31 Å². The molecule has 66 valence electrons. The Morgan fingerprint density at radius 1 is 1.45 bits per heavy atom. The molecule has 1 fully saturated rings. The Balaban J connectivity index is 2.90. The zero-order chi connectivity index (χ0) is 8.70. The van der Waals surface area contributed by atoms with Crippen molar-refractivity contribution < 1.29 is 13.5 Å². The minimum absolute atomic E-state index is 0.256. The number of hydrogen-bond acceptors (Lipinski definition) is 3. The first-order chi connectivity index (χ1) is 4.96. The monoisotopic (exact) mass is 179 g/mol. The molecule has 0 spiro atoms. The van der Waals surface area contributed by atoms with E-state index >= 15 is 0 Å². The summed E-state index contributed by atoms with van der Waals surface area (Å²) >= 11 is 0. The molecule has 1 aliphatic rings. The molecular weight excluding hydrogens is 166 g/mol. The Kier molecular flexibility index (Phi) is 1.98. The van der Waals surface area contributed by atoms with Gasteiger partial charge in [0.15, 0.2) is 0 Å². The van der Waals surface area contributed by atoms with E-state index in [1.807, 2.05) is 0 Å². The number of hydrogen-bond donors (Lipinski definition) is 1. The predicted octanol–water partition coefficient (Wildman–Crippen LogP) is -0.597. The Labute approximate surface area is 66.9 Å². The second kappa shape index (κ2) is 2.43. The van der Waals surface area contributed by atoms with Crippen LogP contribution < -0.4 is 0 Å².